The minimum atomic E-state index is -0.432. The molecule has 2 N–H and O–H groups in total. The maximum Gasteiger partial charge on any atom is 0.323 e. The second kappa shape index (κ2) is 9.94. The third kappa shape index (κ3) is 5.60. The van der Waals surface area contributed by atoms with E-state index in [1.165, 1.54) is 12.5 Å². The molecule has 0 atom stereocenters. The summed E-state index contributed by atoms with van der Waals surface area (Å²) >= 11 is 0. The standard InChI is InChI=1S/C21H26FN3O3/c1-27-13-14-28-18-8-5-16(6-9-18)23-21(26)24-17-7-10-20(19(22)15-17)25-11-3-2-4-12-25/h5-10,15H,2-4,11-14H2,1H3,(H2,23,24,26). The Balaban J connectivity index is 1.53. The van der Waals surface area contributed by atoms with Crippen LogP contribution in [-0.4, -0.2) is 39.4 Å². The third-order valence-corrected chi connectivity index (χ3v) is 4.57. The van der Waals surface area contributed by atoms with Gasteiger partial charge in [0.05, 0.1) is 12.3 Å². The van der Waals surface area contributed by atoms with E-state index in [0.29, 0.717) is 36.0 Å². The Morgan fingerprint density at radius 1 is 1.00 bits per heavy atom. The molecular formula is C21H26FN3O3. The van der Waals surface area contributed by atoms with Crippen LogP contribution in [0.1, 0.15) is 19.3 Å². The molecule has 28 heavy (non-hydrogen) atoms. The fourth-order valence-corrected chi connectivity index (χ4v) is 3.15. The highest BCUT2D eigenvalue weighted by molar-refractivity contribution is 5.99. The number of hydrogen-bond donors (Lipinski definition) is 2. The van der Waals surface area contributed by atoms with Crippen LogP contribution >= 0.6 is 0 Å². The first-order valence-electron chi connectivity index (χ1n) is 9.50. The van der Waals surface area contributed by atoms with Gasteiger partial charge in [-0.3, -0.25) is 0 Å². The first kappa shape index (κ1) is 19.9. The molecule has 6 nitrogen and oxygen atoms in total. The van der Waals surface area contributed by atoms with Gasteiger partial charge in [-0.15, -0.1) is 0 Å². The molecule has 3 rings (SSSR count). The molecule has 1 saturated heterocycles. The topological polar surface area (TPSA) is 62.8 Å². The number of methoxy groups -OCH3 is 1. The number of ether oxygens (including phenoxy) is 2. The second-order valence-electron chi connectivity index (χ2n) is 6.66. The lowest BCUT2D eigenvalue weighted by atomic mass is 10.1. The van der Waals surface area contributed by atoms with Gasteiger partial charge in [-0.1, -0.05) is 0 Å². The fraction of sp³-hybridized carbons (Fsp3) is 0.381. The first-order chi connectivity index (χ1) is 13.7. The van der Waals surface area contributed by atoms with E-state index in [1.54, 1.807) is 43.5 Å². The molecule has 0 saturated carbocycles. The quantitative estimate of drug-likeness (QED) is 0.688. The number of carbonyl (C=O) groups excluding carboxylic acids is 1. The number of hydrogen-bond acceptors (Lipinski definition) is 4. The van der Waals surface area contributed by atoms with Gasteiger partial charge in [0.1, 0.15) is 18.2 Å². The summed E-state index contributed by atoms with van der Waals surface area (Å²) in [5.41, 5.74) is 1.62. The Bertz CT molecular complexity index is 777. The van der Waals surface area contributed by atoms with Crippen molar-refractivity contribution in [1.82, 2.24) is 0 Å². The van der Waals surface area contributed by atoms with Crippen molar-refractivity contribution in [3.8, 4) is 5.75 Å². The summed E-state index contributed by atoms with van der Waals surface area (Å²) in [5, 5.41) is 5.38. The number of urea groups is 1. The number of rotatable bonds is 7. The van der Waals surface area contributed by atoms with Crippen LogP contribution < -0.4 is 20.3 Å². The number of anilines is 3. The van der Waals surface area contributed by atoms with Crippen LogP contribution in [-0.2, 0) is 4.74 Å². The molecule has 1 fully saturated rings. The first-order valence-corrected chi connectivity index (χ1v) is 9.50. The fourth-order valence-electron chi connectivity index (χ4n) is 3.15. The molecule has 2 aromatic rings. The monoisotopic (exact) mass is 387 g/mol. The Labute approximate surface area is 164 Å². The second-order valence-corrected chi connectivity index (χ2v) is 6.66. The predicted molar refractivity (Wildman–Crippen MR) is 109 cm³/mol. The number of nitrogens with zero attached hydrogens (tertiary/aromatic N) is 1. The van der Waals surface area contributed by atoms with E-state index in [9.17, 15) is 9.18 Å². The number of carbonyl (C=O) groups is 1. The van der Waals surface area contributed by atoms with Crippen molar-refractivity contribution in [2.24, 2.45) is 0 Å². The van der Waals surface area contributed by atoms with Crippen molar-refractivity contribution < 1.29 is 18.7 Å². The Morgan fingerprint density at radius 2 is 1.68 bits per heavy atom. The number of nitrogens with one attached hydrogen (secondary N) is 2. The Kier molecular flexibility index (Phi) is 7.08. The molecule has 0 bridgehead atoms. The van der Waals surface area contributed by atoms with Gasteiger partial charge in [0.15, 0.2) is 0 Å². The summed E-state index contributed by atoms with van der Waals surface area (Å²) in [6.45, 7) is 2.71. The van der Waals surface area contributed by atoms with Crippen LogP contribution in [0.15, 0.2) is 42.5 Å². The van der Waals surface area contributed by atoms with E-state index >= 15 is 0 Å². The number of amides is 2. The van der Waals surface area contributed by atoms with Crippen molar-refractivity contribution in [1.29, 1.82) is 0 Å². The van der Waals surface area contributed by atoms with Gasteiger partial charge >= 0.3 is 6.03 Å². The normalized spacial score (nSPS) is 13.9. The molecule has 1 aliphatic heterocycles. The Hall–Kier alpha value is -2.80. The lowest BCUT2D eigenvalue weighted by Gasteiger charge is -2.29. The van der Waals surface area contributed by atoms with Crippen LogP contribution in [0, 0.1) is 5.82 Å². The average Bonchev–Trinajstić information content (AvgIpc) is 2.70. The summed E-state index contributed by atoms with van der Waals surface area (Å²) < 4.78 is 24.9. The van der Waals surface area contributed by atoms with E-state index in [1.807, 2.05) is 0 Å². The maximum absolute atomic E-state index is 14.4. The molecule has 150 valence electrons. The van der Waals surface area contributed by atoms with Gasteiger partial charge < -0.3 is 25.0 Å². The van der Waals surface area contributed by atoms with Crippen molar-refractivity contribution in [3.63, 3.8) is 0 Å². The van der Waals surface area contributed by atoms with Crippen LogP contribution in [0.2, 0.25) is 0 Å². The van der Waals surface area contributed by atoms with E-state index < -0.39 is 6.03 Å². The summed E-state index contributed by atoms with van der Waals surface area (Å²) in [5.74, 6) is 0.371. The predicted octanol–water partition coefficient (Wildman–Crippen LogP) is 4.49. The summed E-state index contributed by atoms with van der Waals surface area (Å²) in [6.07, 6.45) is 3.36. The van der Waals surface area contributed by atoms with Crippen LogP contribution in [0.4, 0.5) is 26.2 Å². The SMILES string of the molecule is COCCOc1ccc(NC(=O)Nc2ccc(N3CCCCC3)c(F)c2)cc1. The molecule has 1 heterocycles. The van der Waals surface area contributed by atoms with Crippen molar-refractivity contribution >= 4 is 23.1 Å². The largest absolute Gasteiger partial charge is 0.491 e. The third-order valence-electron chi connectivity index (χ3n) is 4.57. The minimum absolute atomic E-state index is 0.322. The molecular weight excluding hydrogens is 361 g/mol. The summed E-state index contributed by atoms with van der Waals surface area (Å²) in [7, 11) is 1.61. The summed E-state index contributed by atoms with van der Waals surface area (Å²) in [4.78, 5) is 14.2. The van der Waals surface area contributed by atoms with Gasteiger partial charge in [-0.25, -0.2) is 9.18 Å². The highest BCUT2D eigenvalue weighted by Crippen LogP contribution is 2.26. The van der Waals surface area contributed by atoms with Crippen LogP contribution in [0.3, 0.4) is 0 Å². The zero-order valence-corrected chi connectivity index (χ0v) is 16.0. The molecule has 0 unspecified atom stereocenters. The highest BCUT2D eigenvalue weighted by Gasteiger charge is 2.15. The van der Waals surface area contributed by atoms with Crippen LogP contribution in [0.25, 0.3) is 0 Å². The minimum Gasteiger partial charge on any atom is -0.491 e. The van der Waals surface area contributed by atoms with Crippen molar-refractivity contribution in [2.75, 3.05) is 48.9 Å². The molecule has 7 heteroatoms. The van der Waals surface area contributed by atoms with Gasteiger partial charge in [0.2, 0.25) is 0 Å². The van der Waals surface area contributed by atoms with Crippen molar-refractivity contribution in [3.05, 3.63) is 48.3 Å². The molecule has 2 amide bonds. The van der Waals surface area contributed by atoms with Gasteiger partial charge in [0, 0.05) is 31.6 Å². The van der Waals surface area contributed by atoms with Gasteiger partial charge in [-0.2, -0.15) is 0 Å². The smallest absolute Gasteiger partial charge is 0.323 e. The highest BCUT2D eigenvalue weighted by atomic mass is 19.1. The molecule has 0 aliphatic carbocycles. The molecule has 0 radical (unpaired) electrons. The zero-order chi connectivity index (χ0) is 19.8. The summed E-state index contributed by atoms with van der Waals surface area (Å²) in [6, 6.07) is 11.4. The number of benzene rings is 2. The van der Waals surface area contributed by atoms with Crippen LogP contribution in [0.5, 0.6) is 5.75 Å². The van der Waals surface area contributed by atoms with Gasteiger partial charge in [-0.05, 0) is 61.7 Å². The van der Waals surface area contributed by atoms with E-state index in [2.05, 4.69) is 15.5 Å². The average molecular weight is 387 g/mol. The molecule has 1 aliphatic rings. The van der Waals surface area contributed by atoms with E-state index in [-0.39, 0.29) is 5.82 Å². The van der Waals surface area contributed by atoms with E-state index in [0.717, 1.165) is 25.9 Å². The number of halogens is 1. The van der Waals surface area contributed by atoms with Crippen molar-refractivity contribution in [2.45, 2.75) is 19.3 Å². The Morgan fingerprint density at radius 3 is 2.36 bits per heavy atom. The lowest BCUT2D eigenvalue weighted by Crippen LogP contribution is -2.30. The lowest BCUT2D eigenvalue weighted by molar-refractivity contribution is 0.146. The number of piperidine rings is 1. The zero-order valence-electron chi connectivity index (χ0n) is 16.0. The van der Waals surface area contributed by atoms with E-state index in [4.69, 9.17) is 9.47 Å². The maximum atomic E-state index is 14.4. The molecule has 2 aromatic carbocycles. The van der Waals surface area contributed by atoms with Gasteiger partial charge in [0.25, 0.3) is 0 Å². The molecule has 0 aromatic heterocycles. The molecule has 0 spiro atoms.